The van der Waals surface area contributed by atoms with E-state index in [1.54, 1.807) is 35.2 Å². The lowest BCUT2D eigenvalue weighted by Crippen LogP contribution is -2.52. The summed E-state index contributed by atoms with van der Waals surface area (Å²) in [5, 5.41) is 3.10. The third-order valence-corrected chi connectivity index (χ3v) is 5.83. The molecule has 202 valence electrons. The zero-order valence-electron chi connectivity index (χ0n) is 20.8. The molecule has 1 saturated heterocycles. The van der Waals surface area contributed by atoms with Crippen molar-refractivity contribution in [2.45, 2.75) is 26.9 Å². The lowest BCUT2D eigenvalue weighted by Gasteiger charge is -2.36. The van der Waals surface area contributed by atoms with Gasteiger partial charge in [-0.2, -0.15) is 13.2 Å². The van der Waals surface area contributed by atoms with E-state index in [9.17, 15) is 22.8 Å². The van der Waals surface area contributed by atoms with Crippen molar-refractivity contribution in [3.8, 4) is 17.2 Å². The first-order chi connectivity index (χ1) is 17.6. The number of nitrogens with zero attached hydrogens (tertiary/aromatic N) is 2. The van der Waals surface area contributed by atoms with Crippen molar-refractivity contribution in [1.82, 2.24) is 4.90 Å². The van der Waals surface area contributed by atoms with E-state index in [0.717, 1.165) is 4.90 Å². The highest BCUT2D eigenvalue weighted by atomic mass is 35.5. The highest BCUT2D eigenvalue weighted by molar-refractivity contribution is 6.33. The number of carbonyl (C=O) groups is 2. The Kier molecular flexibility index (Phi) is 9.36. The van der Waals surface area contributed by atoms with Gasteiger partial charge in [0.05, 0.1) is 30.5 Å². The number of carbonyl (C=O) groups excluding carboxylic acids is 2. The summed E-state index contributed by atoms with van der Waals surface area (Å²) >= 11 is 6.44. The maximum Gasteiger partial charge on any atom is 0.471 e. The van der Waals surface area contributed by atoms with Crippen LogP contribution in [0.5, 0.6) is 17.2 Å². The Balaban J connectivity index is 1.73. The molecule has 0 bridgehead atoms. The van der Waals surface area contributed by atoms with Gasteiger partial charge in [0, 0.05) is 37.4 Å². The molecule has 0 aliphatic carbocycles. The summed E-state index contributed by atoms with van der Waals surface area (Å²) in [6.45, 7) is 6.84. The van der Waals surface area contributed by atoms with Crippen LogP contribution in [0.2, 0.25) is 5.02 Å². The number of alkyl halides is 3. The molecule has 0 saturated carbocycles. The molecule has 0 radical (unpaired) electrons. The van der Waals surface area contributed by atoms with Gasteiger partial charge in [-0.25, -0.2) is 0 Å². The van der Waals surface area contributed by atoms with Gasteiger partial charge in [0.15, 0.2) is 11.5 Å². The minimum absolute atomic E-state index is 0.0742. The average Bonchev–Trinajstić information content (AvgIpc) is 2.85. The topological polar surface area (TPSA) is 80.3 Å². The van der Waals surface area contributed by atoms with E-state index < -0.39 is 18.0 Å². The Bertz CT molecular complexity index is 1090. The van der Waals surface area contributed by atoms with Crippen LogP contribution in [-0.4, -0.2) is 68.9 Å². The third kappa shape index (κ3) is 6.91. The molecule has 1 aliphatic rings. The second-order valence-corrected chi connectivity index (χ2v) is 8.41. The average molecular weight is 544 g/mol. The van der Waals surface area contributed by atoms with Crippen LogP contribution >= 0.6 is 11.6 Å². The summed E-state index contributed by atoms with van der Waals surface area (Å²) in [5.74, 6) is -1.07. The van der Waals surface area contributed by atoms with Gasteiger partial charge < -0.3 is 29.3 Å². The molecule has 12 heteroatoms. The van der Waals surface area contributed by atoms with Crippen molar-refractivity contribution >= 4 is 34.8 Å². The molecule has 37 heavy (non-hydrogen) atoms. The first kappa shape index (κ1) is 28.2. The summed E-state index contributed by atoms with van der Waals surface area (Å²) in [7, 11) is 0. The quantitative estimate of drug-likeness (QED) is 0.479. The third-order valence-electron chi connectivity index (χ3n) is 5.53. The van der Waals surface area contributed by atoms with Gasteiger partial charge in [-0.15, -0.1) is 0 Å². The SMILES string of the molecule is CCOc1cc(C(=O)Nc2ccc(N3CCN(C(=O)C(F)(F)F)CC3)c(Cl)c2)cc(OCC)c1OCC. The van der Waals surface area contributed by atoms with Gasteiger partial charge in [0.25, 0.3) is 5.91 Å². The highest BCUT2D eigenvalue weighted by Crippen LogP contribution is 2.39. The summed E-state index contributed by atoms with van der Waals surface area (Å²) in [4.78, 5) is 27.1. The van der Waals surface area contributed by atoms with Crippen LogP contribution in [0.3, 0.4) is 0 Å². The Labute approximate surface area is 218 Å². The van der Waals surface area contributed by atoms with Crippen molar-refractivity contribution < 1.29 is 37.0 Å². The van der Waals surface area contributed by atoms with Gasteiger partial charge in [-0.1, -0.05) is 11.6 Å². The van der Waals surface area contributed by atoms with Crippen molar-refractivity contribution in [2.24, 2.45) is 0 Å². The molecule has 3 rings (SSSR count). The van der Waals surface area contributed by atoms with E-state index in [1.165, 1.54) is 0 Å². The Morgan fingerprint density at radius 1 is 0.919 bits per heavy atom. The second-order valence-electron chi connectivity index (χ2n) is 8.00. The number of hydrogen-bond acceptors (Lipinski definition) is 6. The largest absolute Gasteiger partial charge is 0.490 e. The number of ether oxygens (including phenoxy) is 3. The number of rotatable bonds is 9. The molecule has 2 amide bonds. The van der Waals surface area contributed by atoms with Gasteiger partial charge in [-0.3, -0.25) is 9.59 Å². The minimum Gasteiger partial charge on any atom is -0.490 e. The number of amides is 2. The normalized spacial score (nSPS) is 13.8. The first-order valence-electron chi connectivity index (χ1n) is 11.9. The number of hydrogen-bond donors (Lipinski definition) is 1. The van der Waals surface area contributed by atoms with Crippen molar-refractivity contribution in [1.29, 1.82) is 0 Å². The molecule has 2 aromatic carbocycles. The predicted octanol–water partition coefficient (Wildman–Crippen LogP) is 5.00. The standard InChI is InChI=1S/C25H29ClF3N3O5/c1-4-35-20-13-16(14-21(36-5-2)22(20)37-6-3)23(33)30-17-7-8-19(18(26)15-17)31-9-11-32(12-10-31)24(34)25(27,28)29/h7-8,13-15H,4-6,9-12H2,1-3H3,(H,30,33). The number of halogens is 4. The summed E-state index contributed by atoms with van der Waals surface area (Å²) in [6, 6.07) is 8.03. The Hall–Kier alpha value is -3.34. The second kappa shape index (κ2) is 12.3. The van der Waals surface area contributed by atoms with E-state index in [1.807, 2.05) is 20.8 Å². The monoisotopic (exact) mass is 543 g/mol. The van der Waals surface area contributed by atoms with Crippen LogP contribution in [0.1, 0.15) is 31.1 Å². The number of piperazine rings is 1. The summed E-state index contributed by atoms with van der Waals surface area (Å²) in [6.07, 6.45) is -4.89. The van der Waals surface area contributed by atoms with Crippen molar-refractivity contribution in [2.75, 3.05) is 56.2 Å². The van der Waals surface area contributed by atoms with Crippen molar-refractivity contribution in [3.05, 3.63) is 40.9 Å². The molecular formula is C25H29ClF3N3O5. The molecule has 1 aliphatic heterocycles. The summed E-state index contributed by atoms with van der Waals surface area (Å²) in [5.41, 5.74) is 1.31. The predicted molar refractivity (Wildman–Crippen MR) is 134 cm³/mol. The van der Waals surface area contributed by atoms with Crippen LogP contribution < -0.4 is 24.4 Å². The lowest BCUT2D eigenvalue weighted by atomic mass is 10.1. The maximum atomic E-state index is 13.0. The fourth-order valence-corrected chi connectivity index (χ4v) is 4.19. The highest BCUT2D eigenvalue weighted by Gasteiger charge is 2.43. The Morgan fingerprint density at radius 3 is 1.97 bits per heavy atom. The maximum absolute atomic E-state index is 13.0. The smallest absolute Gasteiger partial charge is 0.471 e. The molecule has 1 heterocycles. The van der Waals surface area contributed by atoms with Crippen LogP contribution in [-0.2, 0) is 4.79 Å². The molecule has 0 atom stereocenters. The van der Waals surface area contributed by atoms with Gasteiger partial charge in [-0.05, 0) is 51.1 Å². The van der Waals surface area contributed by atoms with E-state index in [2.05, 4.69) is 5.32 Å². The number of benzene rings is 2. The molecule has 0 spiro atoms. The van der Waals surface area contributed by atoms with Gasteiger partial charge in [0.2, 0.25) is 5.75 Å². The van der Waals surface area contributed by atoms with E-state index in [-0.39, 0.29) is 26.2 Å². The van der Waals surface area contributed by atoms with Crippen LogP contribution in [0, 0.1) is 0 Å². The lowest BCUT2D eigenvalue weighted by molar-refractivity contribution is -0.185. The molecule has 0 aromatic heterocycles. The number of nitrogens with one attached hydrogen (secondary N) is 1. The Morgan fingerprint density at radius 2 is 1.49 bits per heavy atom. The van der Waals surface area contributed by atoms with Crippen LogP contribution in [0.15, 0.2) is 30.3 Å². The fourth-order valence-electron chi connectivity index (χ4n) is 3.89. The molecule has 1 N–H and O–H groups in total. The minimum atomic E-state index is -4.89. The number of anilines is 2. The van der Waals surface area contributed by atoms with Crippen LogP contribution in [0.4, 0.5) is 24.5 Å². The van der Waals surface area contributed by atoms with Gasteiger partial charge in [0.1, 0.15) is 0 Å². The van der Waals surface area contributed by atoms with Crippen molar-refractivity contribution in [3.63, 3.8) is 0 Å². The molecule has 8 nitrogen and oxygen atoms in total. The molecular weight excluding hydrogens is 515 g/mol. The summed E-state index contributed by atoms with van der Waals surface area (Å²) < 4.78 is 55.0. The molecule has 2 aromatic rings. The fraction of sp³-hybridized carbons (Fsp3) is 0.440. The van der Waals surface area contributed by atoms with E-state index in [0.29, 0.717) is 59.0 Å². The molecule has 0 unspecified atom stereocenters. The van der Waals surface area contributed by atoms with E-state index >= 15 is 0 Å². The molecule has 1 fully saturated rings. The van der Waals surface area contributed by atoms with E-state index in [4.69, 9.17) is 25.8 Å². The van der Waals surface area contributed by atoms with Gasteiger partial charge >= 0.3 is 12.1 Å². The first-order valence-corrected chi connectivity index (χ1v) is 12.2. The zero-order valence-corrected chi connectivity index (χ0v) is 21.5. The zero-order chi connectivity index (χ0) is 27.2. The van der Waals surface area contributed by atoms with Crippen LogP contribution in [0.25, 0.3) is 0 Å².